The molecule has 0 aromatic heterocycles. The largest absolute Gasteiger partial charge is 0.353 e. The van der Waals surface area contributed by atoms with Crippen LogP contribution in [0.25, 0.3) is 0 Å². The highest BCUT2D eigenvalue weighted by Gasteiger charge is 2.49. The third-order valence-electron chi connectivity index (χ3n) is 3.69. The van der Waals surface area contributed by atoms with Crippen LogP contribution in [0.2, 0.25) is 0 Å². The fraction of sp³-hybridized carbons (Fsp3) is 1.00. The Labute approximate surface area is 83.8 Å². The van der Waals surface area contributed by atoms with Crippen LogP contribution in [-0.2, 0) is 4.74 Å². The Morgan fingerprint density at radius 2 is 2.08 bits per heavy atom. The van der Waals surface area contributed by atoms with Gasteiger partial charge in [-0.15, -0.1) is 0 Å². The van der Waals surface area contributed by atoms with Crippen molar-refractivity contribution in [2.45, 2.75) is 43.4 Å². The minimum Gasteiger partial charge on any atom is -0.353 e. The van der Waals surface area contributed by atoms with E-state index in [0.717, 1.165) is 5.75 Å². The Bertz CT molecular complexity index is 209. The standard InChI is InChI=1S/C10H17NOS/c1-2-9(3-1)4-6-11-10(12-9)5-7-13-8-10/h11H,1-8H2. The predicted molar refractivity (Wildman–Crippen MR) is 55.0 cm³/mol. The van der Waals surface area contributed by atoms with Gasteiger partial charge < -0.3 is 4.74 Å². The second-order valence-electron chi connectivity index (χ2n) is 4.61. The van der Waals surface area contributed by atoms with Gasteiger partial charge in [-0.2, -0.15) is 11.8 Å². The van der Waals surface area contributed by atoms with E-state index in [0.29, 0.717) is 5.60 Å². The first-order valence-corrected chi connectivity index (χ1v) is 6.51. The lowest BCUT2D eigenvalue weighted by atomic mass is 9.76. The van der Waals surface area contributed by atoms with Crippen molar-refractivity contribution >= 4 is 11.8 Å². The topological polar surface area (TPSA) is 21.3 Å². The maximum Gasteiger partial charge on any atom is 0.129 e. The first-order valence-electron chi connectivity index (χ1n) is 5.36. The van der Waals surface area contributed by atoms with Gasteiger partial charge in [0.15, 0.2) is 0 Å². The van der Waals surface area contributed by atoms with Crippen molar-refractivity contribution in [1.82, 2.24) is 5.32 Å². The van der Waals surface area contributed by atoms with E-state index in [4.69, 9.17) is 4.74 Å². The van der Waals surface area contributed by atoms with Crippen LogP contribution in [0.5, 0.6) is 0 Å². The van der Waals surface area contributed by atoms with Gasteiger partial charge in [-0.1, -0.05) is 0 Å². The second-order valence-corrected chi connectivity index (χ2v) is 5.72. The lowest BCUT2D eigenvalue weighted by Crippen LogP contribution is -2.62. The summed E-state index contributed by atoms with van der Waals surface area (Å²) in [6.07, 6.45) is 6.43. The van der Waals surface area contributed by atoms with E-state index < -0.39 is 0 Å². The van der Waals surface area contributed by atoms with Crippen molar-refractivity contribution in [3.05, 3.63) is 0 Å². The van der Waals surface area contributed by atoms with Gasteiger partial charge in [-0.3, -0.25) is 5.32 Å². The molecule has 3 fully saturated rings. The van der Waals surface area contributed by atoms with Gasteiger partial charge in [-0.05, 0) is 37.9 Å². The molecule has 2 aliphatic heterocycles. The van der Waals surface area contributed by atoms with Crippen molar-refractivity contribution < 1.29 is 4.74 Å². The van der Waals surface area contributed by atoms with Gasteiger partial charge >= 0.3 is 0 Å². The van der Waals surface area contributed by atoms with Crippen LogP contribution in [-0.4, -0.2) is 29.4 Å². The van der Waals surface area contributed by atoms with Gasteiger partial charge in [0.05, 0.1) is 5.60 Å². The molecule has 0 amide bonds. The number of nitrogens with one attached hydrogen (secondary N) is 1. The average Bonchev–Trinajstić information content (AvgIpc) is 2.51. The van der Waals surface area contributed by atoms with Gasteiger partial charge in [0.2, 0.25) is 0 Å². The Morgan fingerprint density at radius 3 is 2.69 bits per heavy atom. The molecule has 13 heavy (non-hydrogen) atoms. The lowest BCUT2D eigenvalue weighted by Gasteiger charge is -2.52. The van der Waals surface area contributed by atoms with E-state index in [1.807, 2.05) is 11.8 Å². The molecule has 2 nitrogen and oxygen atoms in total. The Balaban J connectivity index is 1.76. The maximum absolute atomic E-state index is 6.33. The first kappa shape index (κ1) is 8.57. The quantitative estimate of drug-likeness (QED) is 0.642. The molecule has 2 spiro atoms. The summed E-state index contributed by atoms with van der Waals surface area (Å²) >= 11 is 2.03. The van der Waals surface area contributed by atoms with E-state index in [-0.39, 0.29) is 5.72 Å². The fourth-order valence-electron chi connectivity index (χ4n) is 2.71. The molecule has 0 radical (unpaired) electrons. The summed E-state index contributed by atoms with van der Waals surface area (Å²) in [5.41, 5.74) is 0.374. The van der Waals surface area contributed by atoms with Crippen molar-refractivity contribution in [2.75, 3.05) is 18.1 Å². The molecule has 3 aliphatic rings. The van der Waals surface area contributed by atoms with E-state index in [1.54, 1.807) is 0 Å². The average molecular weight is 199 g/mol. The van der Waals surface area contributed by atoms with Crippen molar-refractivity contribution in [1.29, 1.82) is 0 Å². The predicted octanol–water partition coefficient (Wildman–Crippen LogP) is 1.75. The summed E-state index contributed by atoms with van der Waals surface area (Å²) < 4.78 is 6.33. The molecule has 1 atom stereocenters. The molecule has 1 saturated carbocycles. The molecule has 1 unspecified atom stereocenters. The summed E-state index contributed by atoms with van der Waals surface area (Å²) in [6, 6.07) is 0. The Hall–Kier alpha value is 0.270. The third-order valence-corrected chi connectivity index (χ3v) is 4.85. The summed E-state index contributed by atoms with van der Waals surface area (Å²) in [4.78, 5) is 0. The van der Waals surface area contributed by atoms with Crippen molar-refractivity contribution in [3.63, 3.8) is 0 Å². The molecule has 2 saturated heterocycles. The fourth-order valence-corrected chi connectivity index (χ4v) is 3.96. The zero-order valence-electron chi connectivity index (χ0n) is 7.97. The van der Waals surface area contributed by atoms with Crippen LogP contribution >= 0.6 is 11.8 Å². The van der Waals surface area contributed by atoms with Crippen LogP contribution in [0.1, 0.15) is 32.1 Å². The monoisotopic (exact) mass is 199 g/mol. The minimum absolute atomic E-state index is 0.0728. The van der Waals surface area contributed by atoms with Gasteiger partial charge in [0.1, 0.15) is 5.72 Å². The zero-order valence-corrected chi connectivity index (χ0v) is 8.79. The summed E-state index contributed by atoms with van der Waals surface area (Å²) in [6.45, 7) is 1.17. The molecular weight excluding hydrogens is 182 g/mol. The highest BCUT2D eigenvalue weighted by molar-refractivity contribution is 7.99. The third kappa shape index (κ3) is 1.32. The lowest BCUT2D eigenvalue weighted by molar-refractivity contribution is -0.219. The molecule has 0 aromatic carbocycles. The van der Waals surface area contributed by atoms with Gasteiger partial charge in [0, 0.05) is 12.3 Å². The smallest absolute Gasteiger partial charge is 0.129 e. The molecule has 2 heterocycles. The van der Waals surface area contributed by atoms with Crippen LogP contribution in [0.3, 0.4) is 0 Å². The molecule has 0 aromatic rings. The number of hydrogen-bond acceptors (Lipinski definition) is 3. The summed E-state index contributed by atoms with van der Waals surface area (Å²) in [7, 11) is 0. The molecule has 74 valence electrons. The second kappa shape index (κ2) is 2.88. The molecule has 3 rings (SSSR count). The summed E-state index contributed by atoms with van der Waals surface area (Å²) in [5, 5.41) is 3.57. The molecule has 1 N–H and O–H groups in total. The minimum atomic E-state index is 0.0728. The molecule has 1 aliphatic carbocycles. The van der Waals surface area contributed by atoms with E-state index in [2.05, 4.69) is 5.32 Å². The van der Waals surface area contributed by atoms with Crippen LogP contribution in [0.4, 0.5) is 0 Å². The Morgan fingerprint density at radius 1 is 1.15 bits per heavy atom. The van der Waals surface area contributed by atoms with Crippen LogP contribution < -0.4 is 5.32 Å². The molecule has 3 heteroatoms. The van der Waals surface area contributed by atoms with Crippen LogP contribution in [0, 0.1) is 0 Å². The number of ether oxygens (including phenoxy) is 1. The highest BCUT2D eigenvalue weighted by atomic mass is 32.2. The SMILES string of the molecule is C1CC2(C1)CCNC1(CCSC1)O2. The van der Waals surface area contributed by atoms with Crippen molar-refractivity contribution in [3.8, 4) is 0 Å². The Kier molecular flexibility index (Phi) is 1.90. The normalized spacial score (nSPS) is 42.5. The summed E-state index contributed by atoms with van der Waals surface area (Å²) in [5.74, 6) is 2.43. The van der Waals surface area contributed by atoms with E-state index >= 15 is 0 Å². The molecular formula is C10H17NOS. The molecule has 0 bridgehead atoms. The van der Waals surface area contributed by atoms with Gasteiger partial charge in [0.25, 0.3) is 0 Å². The van der Waals surface area contributed by atoms with Crippen molar-refractivity contribution in [2.24, 2.45) is 0 Å². The number of rotatable bonds is 0. The highest BCUT2D eigenvalue weighted by Crippen LogP contribution is 2.46. The maximum atomic E-state index is 6.33. The van der Waals surface area contributed by atoms with Gasteiger partial charge in [-0.25, -0.2) is 0 Å². The van der Waals surface area contributed by atoms with E-state index in [9.17, 15) is 0 Å². The van der Waals surface area contributed by atoms with Crippen LogP contribution in [0.15, 0.2) is 0 Å². The number of hydrogen-bond donors (Lipinski definition) is 1. The van der Waals surface area contributed by atoms with E-state index in [1.165, 1.54) is 44.4 Å². The zero-order chi connectivity index (χ0) is 8.78. The number of thioether (sulfide) groups is 1. The first-order chi connectivity index (χ1) is 6.33.